The molecule has 1 aliphatic heterocycles. The van der Waals surface area contributed by atoms with Crippen molar-refractivity contribution in [2.45, 2.75) is 6.04 Å². The number of halogens is 1. The lowest BCUT2D eigenvalue weighted by Crippen LogP contribution is -2.42. The van der Waals surface area contributed by atoms with E-state index in [0.717, 1.165) is 17.7 Å². The first-order chi connectivity index (χ1) is 4.86. The summed E-state index contributed by atoms with van der Waals surface area (Å²) in [5.74, 6) is 0. The number of hydrogen-bond acceptors (Lipinski definition) is 2. The van der Waals surface area contributed by atoms with Crippen molar-refractivity contribution in [2.24, 2.45) is 0 Å². The van der Waals surface area contributed by atoms with Crippen molar-refractivity contribution in [3.63, 3.8) is 0 Å². The summed E-state index contributed by atoms with van der Waals surface area (Å²) in [4.78, 5) is 4.07. The molecule has 1 N–H and O–H groups in total. The minimum absolute atomic E-state index is 0.624. The number of nitrogens with one attached hydrogen (secondary N) is 1. The van der Waals surface area contributed by atoms with Crippen LogP contribution >= 0.6 is 15.9 Å². The van der Waals surface area contributed by atoms with Crippen molar-refractivity contribution in [3.05, 3.63) is 17.1 Å². The third kappa shape index (κ3) is 0.973. The summed E-state index contributed by atoms with van der Waals surface area (Å²) >= 11 is 3.30. The van der Waals surface area contributed by atoms with E-state index in [-0.39, 0.29) is 0 Å². The highest BCUT2D eigenvalue weighted by atomic mass is 79.9. The Morgan fingerprint density at radius 1 is 1.70 bits per heavy atom. The Balaban J connectivity index is 2.17. The van der Waals surface area contributed by atoms with Crippen LogP contribution in [0.5, 0.6) is 0 Å². The standard InChI is InChI=1S/C6H8BrN3/c7-6-3-10(4-9-6)5-1-8-2-5/h3-5,8H,1-2H2. The van der Waals surface area contributed by atoms with Crippen molar-refractivity contribution in [1.29, 1.82) is 0 Å². The minimum Gasteiger partial charge on any atom is -0.331 e. The number of nitrogens with zero attached hydrogens (tertiary/aromatic N) is 2. The zero-order valence-corrected chi connectivity index (χ0v) is 7.00. The minimum atomic E-state index is 0.624. The van der Waals surface area contributed by atoms with Gasteiger partial charge in [0.1, 0.15) is 4.60 Å². The van der Waals surface area contributed by atoms with Gasteiger partial charge >= 0.3 is 0 Å². The summed E-state index contributed by atoms with van der Waals surface area (Å²) in [6.45, 7) is 2.14. The molecule has 10 heavy (non-hydrogen) atoms. The van der Waals surface area contributed by atoms with Gasteiger partial charge in [-0.3, -0.25) is 0 Å². The van der Waals surface area contributed by atoms with E-state index < -0.39 is 0 Å². The van der Waals surface area contributed by atoms with Gasteiger partial charge in [-0.2, -0.15) is 0 Å². The molecule has 1 aromatic rings. The molecule has 0 amide bonds. The fourth-order valence-electron chi connectivity index (χ4n) is 0.995. The summed E-state index contributed by atoms with van der Waals surface area (Å²) in [5, 5.41) is 3.21. The second-order valence-corrected chi connectivity index (χ2v) is 3.27. The molecule has 1 saturated heterocycles. The molecule has 1 fully saturated rings. The third-order valence-corrected chi connectivity index (χ3v) is 2.16. The van der Waals surface area contributed by atoms with Crippen LogP contribution in [0.1, 0.15) is 6.04 Å². The maximum absolute atomic E-state index is 4.07. The van der Waals surface area contributed by atoms with E-state index in [4.69, 9.17) is 0 Å². The maximum atomic E-state index is 4.07. The molecule has 2 rings (SSSR count). The molecule has 0 saturated carbocycles. The van der Waals surface area contributed by atoms with E-state index in [9.17, 15) is 0 Å². The van der Waals surface area contributed by atoms with Gasteiger partial charge in [-0.05, 0) is 15.9 Å². The first kappa shape index (κ1) is 6.37. The second-order valence-electron chi connectivity index (χ2n) is 2.46. The quantitative estimate of drug-likeness (QED) is 0.729. The van der Waals surface area contributed by atoms with Gasteiger partial charge in [-0.15, -0.1) is 0 Å². The molecular weight excluding hydrogens is 194 g/mol. The molecule has 3 nitrogen and oxygen atoms in total. The topological polar surface area (TPSA) is 29.9 Å². The smallest absolute Gasteiger partial charge is 0.124 e. The summed E-state index contributed by atoms with van der Waals surface area (Å²) in [6.07, 6.45) is 3.86. The number of aromatic nitrogens is 2. The van der Waals surface area contributed by atoms with Crippen molar-refractivity contribution in [1.82, 2.24) is 14.9 Å². The third-order valence-electron chi connectivity index (χ3n) is 1.75. The number of hydrogen-bond donors (Lipinski definition) is 1. The van der Waals surface area contributed by atoms with Crippen LogP contribution in [-0.4, -0.2) is 22.6 Å². The predicted molar refractivity (Wildman–Crippen MR) is 41.8 cm³/mol. The Kier molecular flexibility index (Phi) is 1.50. The average Bonchev–Trinajstić information content (AvgIpc) is 2.10. The largest absolute Gasteiger partial charge is 0.331 e. The molecule has 0 atom stereocenters. The molecule has 0 unspecified atom stereocenters. The normalized spacial score (nSPS) is 18.9. The van der Waals surface area contributed by atoms with Gasteiger partial charge in [0.15, 0.2) is 0 Å². The van der Waals surface area contributed by atoms with E-state index in [1.165, 1.54) is 0 Å². The van der Waals surface area contributed by atoms with Crippen LogP contribution in [0.2, 0.25) is 0 Å². The molecule has 0 radical (unpaired) electrons. The van der Waals surface area contributed by atoms with Crippen molar-refractivity contribution in [3.8, 4) is 0 Å². The lowest BCUT2D eigenvalue weighted by Gasteiger charge is -2.27. The van der Waals surface area contributed by atoms with Gasteiger partial charge in [0, 0.05) is 19.3 Å². The van der Waals surface area contributed by atoms with E-state index in [1.807, 2.05) is 12.5 Å². The van der Waals surface area contributed by atoms with Crippen LogP contribution in [-0.2, 0) is 0 Å². The van der Waals surface area contributed by atoms with E-state index >= 15 is 0 Å². The van der Waals surface area contributed by atoms with Gasteiger partial charge in [-0.25, -0.2) is 4.98 Å². The Morgan fingerprint density at radius 3 is 2.90 bits per heavy atom. The molecule has 0 spiro atoms. The van der Waals surface area contributed by atoms with Crippen LogP contribution in [0, 0.1) is 0 Å². The van der Waals surface area contributed by atoms with Crippen molar-refractivity contribution >= 4 is 15.9 Å². The van der Waals surface area contributed by atoms with Gasteiger partial charge in [0.2, 0.25) is 0 Å². The predicted octanol–water partition coefficient (Wildman–Crippen LogP) is 0.790. The zero-order chi connectivity index (χ0) is 6.97. The van der Waals surface area contributed by atoms with Gasteiger partial charge in [-0.1, -0.05) is 0 Å². The maximum Gasteiger partial charge on any atom is 0.124 e. The molecule has 0 bridgehead atoms. The molecule has 0 aliphatic carbocycles. The molecule has 1 aromatic heterocycles. The summed E-state index contributed by atoms with van der Waals surface area (Å²) in [5.41, 5.74) is 0. The van der Waals surface area contributed by atoms with Crippen LogP contribution < -0.4 is 5.32 Å². The van der Waals surface area contributed by atoms with Crippen molar-refractivity contribution < 1.29 is 0 Å². The number of imidazole rings is 1. The fraction of sp³-hybridized carbons (Fsp3) is 0.500. The second kappa shape index (κ2) is 2.36. The van der Waals surface area contributed by atoms with E-state index in [0.29, 0.717) is 6.04 Å². The monoisotopic (exact) mass is 201 g/mol. The summed E-state index contributed by atoms with van der Waals surface area (Å²) in [7, 11) is 0. The van der Waals surface area contributed by atoms with Crippen LogP contribution in [0.25, 0.3) is 0 Å². The molecule has 1 aliphatic rings. The van der Waals surface area contributed by atoms with Crippen LogP contribution in [0.15, 0.2) is 17.1 Å². The van der Waals surface area contributed by atoms with E-state index in [2.05, 4.69) is 30.8 Å². The SMILES string of the molecule is Brc1cn(C2CNC2)cn1. The Labute approximate surface area is 67.6 Å². The van der Waals surface area contributed by atoms with Gasteiger partial charge in [0.05, 0.1) is 12.4 Å². The molecular formula is C6H8BrN3. The first-order valence-electron chi connectivity index (χ1n) is 3.26. The molecule has 2 heterocycles. The van der Waals surface area contributed by atoms with Crippen LogP contribution in [0.4, 0.5) is 0 Å². The highest BCUT2D eigenvalue weighted by molar-refractivity contribution is 9.10. The highest BCUT2D eigenvalue weighted by Crippen LogP contribution is 2.13. The fourth-order valence-corrected chi connectivity index (χ4v) is 1.32. The Hall–Kier alpha value is -0.350. The Morgan fingerprint density at radius 2 is 2.50 bits per heavy atom. The lowest BCUT2D eigenvalue weighted by atomic mass is 10.2. The summed E-state index contributed by atoms with van der Waals surface area (Å²) in [6, 6.07) is 0.624. The van der Waals surface area contributed by atoms with E-state index in [1.54, 1.807) is 0 Å². The van der Waals surface area contributed by atoms with Crippen molar-refractivity contribution in [2.75, 3.05) is 13.1 Å². The summed E-state index contributed by atoms with van der Waals surface area (Å²) < 4.78 is 3.04. The average molecular weight is 202 g/mol. The van der Waals surface area contributed by atoms with Gasteiger partial charge in [0.25, 0.3) is 0 Å². The highest BCUT2D eigenvalue weighted by Gasteiger charge is 2.17. The lowest BCUT2D eigenvalue weighted by molar-refractivity contribution is 0.343. The Bertz CT molecular complexity index is 229. The molecule has 0 aromatic carbocycles. The molecule has 4 heteroatoms. The first-order valence-corrected chi connectivity index (χ1v) is 4.05. The molecule has 54 valence electrons. The van der Waals surface area contributed by atoms with Gasteiger partial charge < -0.3 is 9.88 Å². The zero-order valence-electron chi connectivity index (χ0n) is 5.42. The number of rotatable bonds is 1. The van der Waals surface area contributed by atoms with Crippen LogP contribution in [0.3, 0.4) is 0 Å².